The van der Waals surface area contributed by atoms with E-state index in [4.69, 9.17) is 3.07 Å². The maximum absolute atomic E-state index is 9.49. The summed E-state index contributed by atoms with van der Waals surface area (Å²) in [6.45, 7) is 5.51. The van der Waals surface area contributed by atoms with E-state index >= 15 is 0 Å². The summed E-state index contributed by atoms with van der Waals surface area (Å²) < 4.78 is 5.65. The molecule has 136 valence electrons. The molecule has 1 N–H and O–H groups in total. The molecule has 0 aromatic heterocycles. The summed E-state index contributed by atoms with van der Waals surface area (Å²) in [6.07, 6.45) is 14.6. The molecular formula is C21H33IO2. The topological polar surface area (TPSA) is 29.5 Å². The Labute approximate surface area is 161 Å². The van der Waals surface area contributed by atoms with E-state index in [2.05, 4.69) is 42.9 Å². The number of hydrogen-bond donors (Lipinski definition) is 1. The van der Waals surface area contributed by atoms with E-state index in [9.17, 15) is 5.11 Å². The van der Waals surface area contributed by atoms with Gasteiger partial charge in [-0.3, -0.25) is 0 Å². The summed E-state index contributed by atoms with van der Waals surface area (Å²) in [7, 11) is 0. The quantitative estimate of drug-likeness (QED) is 0.448. The molecule has 0 heterocycles. The Kier molecular flexibility index (Phi) is 4.84. The zero-order chi connectivity index (χ0) is 16.9. The van der Waals surface area contributed by atoms with Gasteiger partial charge in [0.15, 0.2) is 0 Å². The molecule has 3 fully saturated rings. The normalized spacial score (nSPS) is 50.7. The van der Waals surface area contributed by atoms with Gasteiger partial charge in [-0.15, -0.1) is 0 Å². The van der Waals surface area contributed by atoms with Crippen LogP contribution in [0.4, 0.5) is 0 Å². The Balaban J connectivity index is 1.60. The van der Waals surface area contributed by atoms with E-state index in [1.54, 1.807) is 5.57 Å². The van der Waals surface area contributed by atoms with E-state index in [0.717, 1.165) is 36.5 Å². The lowest BCUT2D eigenvalue weighted by Gasteiger charge is -2.58. The van der Waals surface area contributed by atoms with Gasteiger partial charge in [0.1, 0.15) is 23.0 Å². The fourth-order valence-corrected chi connectivity index (χ4v) is 7.88. The Morgan fingerprint density at radius 1 is 1.17 bits per heavy atom. The van der Waals surface area contributed by atoms with Crippen LogP contribution in [0.3, 0.4) is 0 Å². The van der Waals surface area contributed by atoms with E-state index < -0.39 is 0 Å². The Morgan fingerprint density at radius 2 is 2.00 bits per heavy atom. The molecule has 0 saturated heterocycles. The van der Waals surface area contributed by atoms with Crippen LogP contribution in [-0.4, -0.2) is 17.8 Å². The SMILES string of the molecule is CC12CCC(OI)CC1=CCC1C2CCC2(C)C(CCO)CCC12. The zero-order valence-electron chi connectivity index (χ0n) is 15.3. The van der Waals surface area contributed by atoms with Crippen LogP contribution in [0.25, 0.3) is 0 Å². The lowest BCUT2D eigenvalue weighted by Crippen LogP contribution is -2.50. The highest BCUT2D eigenvalue weighted by molar-refractivity contribution is 14.1. The molecule has 0 spiro atoms. The van der Waals surface area contributed by atoms with Crippen LogP contribution < -0.4 is 0 Å². The van der Waals surface area contributed by atoms with Crippen LogP contribution in [0, 0.1) is 34.5 Å². The summed E-state index contributed by atoms with van der Waals surface area (Å²) >= 11 is 2.10. The largest absolute Gasteiger partial charge is 0.396 e. The van der Waals surface area contributed by atoms with Crippen molar-refractivity contribution in [1.82, 2.24) is 0 Å². The van der Waals surface area contributed by atoms with Crippen LogP contribution in [0.15, 0.2) is 11.6 Å². The molecule has 7 atom stereocenters. The predicted octanol–water partition coefficient (Wildman–Crippen LogP) is 5.68. The number of rotatable bonds is 3. The second-order valence-electron chi connectivity index (χ2n) is 9.54. The molecule has 4 aliphatic rings. The van der Waals surface area contributed by atoms with Gasteiger partial charge in [0.2, 0.25) is 0 Å². The molecule has 0 bridgehead atoms. The fraction of sp³-hybridized carbons (Fsp3) is 0.905. The summed E-state index contributed by atoms with van der Waals surface area (Å²) in [5.41, 5.74) is 2.64. The number of halogens is 1. The summed E-state index contributed by atoms with van der Waals surface area (Å²) in [4.78, 5) is 0. The van der Waals surface area contributed by atoms with Crippen LogP contribution in [0.5, 0.6) is 0 Å². The number of hydrogen-bond acceptors (Lipinski definition) is 2. The number of aliphatic hydroxyl groups excluding tert-OH is 1. The minimum atomic E-state index is 0.376. The molecule has 0 aromatic rings. The molecule has 4 aliphatic carbocycles. The van der Waals surface area contributed by atoms with Crippen LogP contribution in [0.1, 0.15) is 71.6 Å². The maximum Gasteiger partial charge on any atom is 0.110 e. The van der Waals surface area contributed by atoms with Crippen molar-refractivity contribution in [3.05, 3.63) is 11.6 Å². The minimum Gasteiger partial charge on any atom is -0.396 e. The van der Waals surface area contributed by atoms with Gasteiger partial charge in [0.05, 0.1) is 6.10 Å². The van der Waals surface area contributed by atoms with Gasteiger partial charge in [-0.1, -0.05) is 25.5 Å². The minimum absolute atomic E-state index is 0.376. The second-order valence-corrected chi connectivity index (χ2v) is 10.1. The van der Waals surface area contributed by atoms with Crippen LogP contribution >= 0.6 is 23.0 Å². The van der Waals surface area contributed by atoms with Crippen molar-refractivity contribution in [3.63, 3.8) is 0 Å². The lowest BCUT2D eigenvalue weighted by atomic mass is 9.47. The highest BCUT2D eigenvalue weighted by atomic mass is 127. The van der Waals surface area contributed by atoms with Crippen molar-refractivity contribution < 1.29 is 8.17 Å². The molecule has 0 amide bonds. The Morgan fingerprint density at radius 3 is 2.75 bits per heavy atom. The van der Waals surface area contributed by atoms with Gasteiger partial charge < -0.3 is 8.17 Å². The molecule has 0 radical (unpaired) electrons. The first-order valence-electron chi connectivity index (χ1n) is 10.1. The number of fused-ring (bicyclic) bond motifs is 5. The van der Waals surface area contributed by atoms with E-state index in [1.165, 1.54) is 44.9 Å². The van der Waals surface area contributed by atoms with Gasteiger partial charge in [0, 0.05) is 6.61 Å². The molecule has 3 heteroatoms. The standard InChI is InChI=1S/C21H33IO2/c1-20-11-8-19-17(18(20)6-4-14(20)9-12-23)5-3-15-13-16(24-22)7-10-21(15,19)2/h3,14,16-19,23H,4-13H2,1-2H3. The maximum atomic E-state index is 9.49. The van der Waals surface area contributed by atoms with Crippen molar-refractivity contribution in [2.45, 2.75) is 77.7 Å². The van der Waals surface area contributed by atoms with Crippen molar-refractivity contribution in [2.75, 3.05) is 6.61 Å². The van der Waals surface area contributed by atoms with Crippen molar-refractivity contribution in [3.8, 4) is 0 Å². The van der Waals surface area contributed by atoms with Gasteiger partial charge in [-0.05, 0) is 92.3 Å². The average Bonchev–Trinajstić information content (AvgIpc) is 2.91. The average molecular weight is 444 g/mol. The van der Waals surface area contributed by atoms with Crippen LogP contribution in [-0.2, 0) is 3.07 Å². The molecule has 0 aliphatic heterocycles. The Bertz CT molecular complexity index is 518. The van der Waals surface area contributed by atoms with Gasteiger partial charge in [0.25, 0.3) is 0 Å². The summed E-state index contributed by atoms with van der Waals surface area (Å²) in [6, 6.07) is 0. The predicted molar refractivity (Wildman–Crippen MR) is 106 cm³/mol. The Hall–Kier alpha value is 0.390. The third-order valence-corrected chi connectivity index (χ3v) is 9.58. The van der Waals surface area contributed by atoms with E-state index in [0.29, 0.717) is 23.5 Å². The number of aliphatic hydroxyl groups is 1. The van der Waals surface area contributed by atoms with E-state index in [-0.39, 0.29) is 0 Å². The lowest BCUT2D eigenvalue weighted by molar-refractivity contribution is -0.0489. The molecule has 3 saturated carbocycles. The molecule has 4 rings (SSSR count). The highest BCUT2D eigenvalue weighted by Crippen LogP contribution is 2.66. The third kappa shape index (κ3) is 2.55. The molecule has 7 unspecified atom stereocenters. The van der Waals surface area contributed by atoms with E-state index in [1.807, 2.05) is 0 Å². The van der Waals surface area contributed by atoms with Gasteiger partial charge in [-0.2, -0.15) is 0 Å². The number of allylic oxidation sites excluding steroid dienone is 1. The zero-order valence-corrected chi connectivity index (χ0v) is 17.4. The van der Waals surface area contributed by atoms with Crippen molar-refractivity contribution in [1.29, 1.82) is 0 Å². The fourth-order valence-electron chi connectivity index (χ4n) is 7.44. The second kappa shape index (κ2) is 6.53. The van der Waals surface area contributed by atoms with Gasteiger partial charge >= 0.3 is 0 Å². The monoisotopic (exact) mass is 444 g/mol. The molecule has 2 nitrogen and oxygen atoms in total. The summed E-state index contributed by atoms with van der Waals surface area (Å²) in [5.74, 6) is 3.42. The van der Waals surface area contributed by atoms with Crippen molar-refractivity contribution in [2.24, 2.45) is 34.5 Å². The first-order valence-corrected chi connectivity index (χ1v) is 11.0. The van der Waals surface area contributed by atoms with Crippen molar-refractivity contribution >= 4 is 23.0 Å². The van der Waals surface area contributed by atoms with Crippen LogP contribution in [0.2, 0.25) is 0 Å². The molecule has 24 heavy (non-hydrogen) atoms. The first kappa shape index (κ1) is 17.8. The smallest absolute Gasteiger partial charge is 0.110 e. The highest BCUT2D eigenvalue weighted by Gasteiger charge is 2.58. The molecular weight excluding hydrogens is 411 g/mol. The molecule has 0 aromatic carbocycles. The third-order valence-electron chi connectivity index (χ3n) is 8.86. The summed E-state index contributed by atoms with van der Waals surface area (Å²) in [5, 5.41) is 9.49. The first-order chi connectivity index (χ1) is 11.5. The van der Waals surface area contributed by atoms with Gasteiger partial charge in [-0.25, -0.2) is 0 Å².